The van der Waals surface area contributed by atoms with E-state index in [4.69, 9.17) is 4.74 Å². The fourth-order valence-electron chi connectivity index (χ4n) is 1.79. The van der Waals surface area contributed by atoms with Gasteiger partial charge in [0.15, 0.2) is 0 Å². The molecule has 4 amide bonds. The van der Waals surface area contributed by atoms with Gasteiger partial charge in [0.1, 0.15) is 6.04 Å². The Morgan fingerprint density at radius 3 is 2.61 bits per heavy atom. The minimum absolute atomic E-state index is 0.137. The second kappa shape index (κ2) is 4.87. The fraction of sp³-hybridized carbons (Fsp3) is 0.250. The number of rotatable bonds is 2. The Balaban J connectivity index is 2.34. The van der Waals surface area contributed by atoms with E-state index >= 15 is 0 Å². The molecule has 0 bridgehead atoms. The van der Waals surface area contributed by atoms with Gasteiger partial charge in [-0.3, -0.25) is 10.1 Å². The van der Waals surface area contributed by atoms with Crippen molar-refractivity contribution in [2.45, 2.75) is 13.0 Å². The topological polar surface area (TPSA) is 75.7 Å². The number of carbonyl (C=O) groups is 3. The van der Waals surface area contributed by atoms with Crippen LogP contribution in [0.4, 0.5) is 9.59 Å². The van der Waals surface area contributed by atoms with Gasteiger partial charge in [-0.2, -0.15) is 0 Å². The molecule has 0 radical (unpaired) electrons. The van der Waals surface area contributed by atoms with E-state index in [-0.39, 0.29) is 6.61 Å². The number of benzene rings is 1. The average molecular weight is 248 g/mol. The molecule has 1 aromatic carbocycles. The van der Waals surface area contributed by atoms with E-state index < -0.39 is 24.1 Å². The molecule has 0 saturated carbocycles. The summed E-state index contributed by atoms with van der Waals surface area (Å²) in [5.74, 6) is -0.528. The van der Waals surface area contributed by atoms with Crippen molar-refractivity contribution in [2.24, 2.45) is 0 Å². The van der Waals surface area contributed by atoms with E-state index in [1.54, 1.807) is 37.3 Å². The third kappa shape index (κ3) is 2.04. The number of nitrogens with zero attached hydrogens (tertiary/aromatic N) is 1. The van der Waals surface area contributed by atoms with Crippen molar-refractivity contribution in [3.63, 3.8) is 0 Å². The largest absolute Gasteiger partial charge is 0.449 e. The zero-order valence-electron chi connectivity index (χ0n) is 9.75. The Morgan fingerprint density at radius 2 is 2.00 bits per heavy atom. The van der Waals surface area contributed by atoms with Crippen LogP contribution in [0.25, 0.3) is 0 Å². The Kier molecular flexibility index (Phi) is 3.27. The van der Waals surface area contributed by atoms with Crippen LogP contribution >= 0.6 is 0 Å². The molecule has 1 atom stereocenters. The highest BCUT2D eigenvalue weighted by Crippen LogP contribution is 2.26. The van der Waals surface area contributed by atoms with E-state index in [9.17, 15) is 14.4 Å². The standard InChI is InChI=1S/C12H12N2O4/c1-2-18-12(17)14-9(10(15)13-11(14)16)8-6-4-3-5-7-8/h3-7,9H,2H2,1H3,(H,13,15,16)/t9-/m0/s1. The third-order valence-corrected chi connectivity index (χ3v) is 2.54. The number of hydrogen-bond acceptors (Lipinski definition) is 4. The van der Waals surface area contributed by atoms with Crippen LogP contribution in [-0.4, -0.2) is 29.5 Å². The Morgan fingerprint density at radius 1 is 1.33 bits per heavy atom. The van der Waals surface area contributed by atoms with Crippen molar-refractivity contribution in [1.82, 2.24) is 10.2 Å². The molecule has 0 spiro atoms. The van der Waals surface area contributed by atoms with Crippen molar-refractivity contribution in [3.05, 3.63) is 35.9 Å². The van der Waals surface area contributed by atoms with E-state index in [0.717, 1.165) is 4.90 Å². The van der Waals surface area contributed by atoms with Crippen LogP contribution in [0, 0.1) is 0 Å². The molecule has 1 aromatic rings. The number of urea groups is 1. The predicted molar refractivity (Wildman–Crippen MR) is 61.6 cm³/mol. The van der Waals surface area contributed by atoms with Gasteiger partial charge in [-0.15, -0.1) is 0 Å². The van der Waals surface area contributed by atoms with Crippen molar-refractivity contribution in [3.8, 4) is 0 Å². The number of carbonyl (C=O) groups excluding carboxylic acids is 3. The summed E-state index contributed by atoms with van der Waals surface area (Å²) in [5, 5.41) is 2.10. The van der Waals surface area contributed by atoms with Crippen molar-refractivity contribution < 1.29 is 19.1 Å². The summed E-state index contributed by atoms with van der Waals surface area (Å²) in [4.78, 5) is 35.8. The van der Waals surface area contributed by atoms with Gasteiger partial charge >= 0.3 is 12.1 Å². The van der Waals surface area contributed by atoms with Gasteiger partial charge in [0.2, 0.25) is 0 Å². The van der Waals surface area contributed by atoms with Crippen molar-refractivity contribution in [2.75, 3.05) is 6.61 Å². The molecular formula is C12H12N2O4. The lowest BCUT2D eigenvalue weighted by Crippen LogP contribution is -2.36. The van der Waals surface area contributed by atoms with Crippen LogP contribution in [-0.2, 0) is 9.53 Å². The smallest absolute Gasteiger partial charge is 0.419 e. The first kappa shape index (κ1) is 12.1. The number of amides is 4. The second-order valence-corrected chi connectivity index (χ2v) is 3.68. The minimum atomic E-state index is -0.960. The van der Waals surface area contributed by atoms with Crippen LogP contribution in [0.3, 0.4) is 0 Å². The summed E-state index contributed by atoms with van der Waals surface area (Å²) in [7, 11) is 0. The first-order valence-corrected chi connectivity index (χ1v) is 5.51. The SMILES string of the molecule is CCOC(=O)N1C(=O)NC(=O)[C@@H]1c1ccccc1. The molecule has 1 aliphatic rings. The normalized spacial score (nSPS) is 18.7. The molecule has 6 heteroatoms. The maximum atomic E-state index is 11.7. The van der Waals surface area contributed by atoms with Gasteiger partial charge in [-0.25, -0.2) is 14.5 Å². The number of hydrogen-bond donors (Lipinski definition) is 1. The molecule has 0 aliphatic carbocycles. The molecule has 2 rings (SSSR count). The molecule has 1 fully saturated rings. The van der Waals surface area contributed by atoms with Gasteiger partial charge < -0.3 is 4.74 Å². The highest BCUT2D eigenvalue weighted by molar-refractivity contribution is 6.10. The quantitative estimate of drug-likeness (QED) is 0.803. The van der Waals surface area contributed by atoms with Gasteiger partial charge in [0.25, 0.3) is 5.91 Å². The van der Waals surface area contributed by atoms with Gasteiger partial charge in [-0.05, 0) is 12.5 Å². The lowest BCUT2D eigenvalue weighted by molar-refractivity contribution is -0.121. The molecule has 6 nitrogen and oxygen atoms in total. The van der Waals surface area contributed by atoms with E-state index in [1.165, 1.54) is 0 Å². The van der Waals surface area contributed by atoms with Crippen LogP contribution in [0.2, 0.25) is 0 Å². The molecule has 18 heavy (non-hydrogen) atoms. The van der Waals surface area contributed by atoms with Crippen LogP contribution in [0.1, 0.15) is 18.5 Å². The lowest BCUT2D eigenvalue weighted by atomic mass is 10.1. The summed E-state index contributed by atoms with van der Waals surface area (Å²) in [6.45, 7) is 1.77. The summed E-state index contributed by atoms with van der Waals surface area (Å²) in [6, 6.07) is 6.88. The molecule has 0 aromatic heterocycles. The summed E-state index contributed by atoms with van der Waals surface area (Å²) in [5.41, 5.74) is 0.564. The Bertz CT molecular complexity index is 486. The summed E-state index contributed by atoms with van der Waals surface area (Å²) >= 11 is 0. The maximum absolute atomic E-state index is 11.7. The molecule has 0 unspecified atom stereocenters. The van der Waals surface area contributed by atoms with Crippen LogP contribution in [0.5, 0.6) is 0 Å². The van der Waals surface area contributed by atoms with E-state index in [2.05, 4.69) is 5.32 Å². The first-order chi connectivity index (χ1) is 8.65. The molecule has 1 saturated heterocycles. The second-order valence-electron chi connectivity index (χ2n) is 3.68. The molecule has 1 N–H and O–H groups in total. The predicted octanol–water partition coefficient (Wildman–Crippen LogP) is 1.44. The zero-order valence-corrected chi connectivity index (χ0v) is 9.75. The van der Waals surface area contributed by atoms with E-state index in [1.807, 2.05) is 0 Å². The summed E-state index contributed by atoms with van der Waals surface area (Å²) < 4.78 is 4.77. The van der Waals surface area contributed by atoms with Crippen molar-refractivity contribution in [1.29, 1.82) is 0 Å². The number of ether oxygens (including phenoxy) is 1. The molecular weight excluding hydrogens is 236 g/mol. The monoisotopic (exact) mass is 248 g/mol. The molecule has 1 aliphatic heterocycles. The van der Waals surface area contributed by atoms with Crippen LogP contribution in [0.15, 0.2) is 30.3 Å². The third-order valence-electron chi connectivity index (χ3n) is 2.54. The number of imide groups is 2. The number of nitrogens with one attached hydrogen (secondary N) is 1. The minimum Gasteiger partial charge on any atom is -0.449 e. The molecule has 94 valence electrons. The lowest BCUT2D eigenvalue weighted by Gasteiger charge is -2.19. The zero-order chi connectivity index (χ0) is 13.1. The highest BCUT2D eigenvalue weighted by atomic mass is 16.6. The summed E-state index contributed by atoms with van der Waals surface area (Å²) in [6.07, 6.45) is -0.824. The average Bonchev–Trinajstić information content (AvgIpc) is 2.65. The van der Waals surface area contributed by atoms with E-state index in [0.29, 0.717) is 5.56 Å². The van der Waals surface area contributed by atoms with Crippen LogP contribution < -0.4 is 5.32 Å². The Hall–Kier alpha value is -2.37. The Labute approximate surface area is 104 Å². The maximum Gasteiger partial charge on any atom is 0.419 e. The van der Waals surface area contributed by atoms with Gasteiger partial charge in [0, 0.05) is 0 Å². The molecule has 1 heterocycles. The fourth-order valence-corrected chi connectivity index (χ4v) is 1.79. The highest BCUT2D eigenvalue weighted by Gasteiger charge is 2.44. The van der Waals surface area contributed by atoms with Gasteiger partial charge in [-0.1, -0.05) is 30.3 Å². The van der Waals surface area contributed by atoms with Gasteiger partial charge in [0.05, 0.1) is 6.61 Å². The first-order valence-electron chi connectivity index (χ1n) is 5.51. The van der Waals surface area contributed by atoms with Crippen molar-refractivity contribution >= 4 is 18.0 Å².